The highest BCUT2D eigenvalue weighted by atomic mass is 127. The Labute approximate surface area is 112 Å². The molecule has 0 amide bonds. The number of nitrogens with zero attached hydrogens (tertiary/aromatic N) is 2. The molecule has 0 spiro atoms. The highest BCUT2D eigenvalue weighted by molar-refractivity contribution is 14.1. The van der Waals surface area contributed by atoms with Crippen LogP contribution in [0, 0.1) is 3.57 Å². The van der Waals surface area contributed by atoms with E-state index in [9.17, 15) is 0 Å². The van der Waals surface area contributed by atoms with Crippen LogP contribution in [0.25, 0.3) is 0 Å². The molecule has 1 aromatic carbocycles. The van der Waals surface area contributed by atoms with Crippen LogP contribution in [0.1, 0.15) is 0 Å². The van der Waals surface area contributed by atoms with Crippen LogP contribution in [0.3, 0.4) is 0 Å². The largest absolute Gasteiger partial charge is 0.479 e. The molecule has 0 atom stereocenters. The summed E-state index contributed by atoms with van der Waals surface area (Å²) in [6, 6.07) is 7.58. The molecule has 0 bridgehead atoms. The monoisotopic (exact) mass is 343 g/mol. The second kappa shape index (κ2) is 5.17. The number of benzene rings is 1. The summed E-state index contributed by atoms with van der Waals surface area (Å²) >= 11 is 2.20. The normalized spacial score (nSPS) is 10.0. The number of aromatic nitrogens is 2. The Bertz CT molecular complexity index is 534. The van der Waals surface area contributed by atoms with Crippen LogP contribution in [-0.4, -0.2) is 17.1 Å². The molecule has 0 unspecified atom stereocenters. The number of hydrogen-bond acceptors (Lipinski definition) is 5. The minimum absolute atomic E-state index is 0.286. The van der Waals surface area contributed by atoms with E-state index in [1.807, 2.05) is 24.3 Å². The molecule has 1 aromatic heterocycles. The van der Waals surface area contributed by atoms with E-state index in [1.54, 1.807) is 0 Å². The van der Waals surface area contributed by atoms with Crippen LogP contribution in [0.2, 0.25) is 0 Å². The maximum Gasteiger partial charge on any atom is 0.249 e. The molecule has 2 aromatic rings. The molecule has 17 heavy (non-hydrogen) atoms. The smallest absolute Gasteiger partial charge is 0.249 e. The average Bonchev–Trinajstić information content (AvgIpc) is 2.32. The zero-order chi connectivity index (χ0) is 12.3. The van der Waals surface area contributed by atoms with E-state index < -0.39 is 0 Å². The molecule has 0 radical (unpaired) electrons. The molecule has 1 heterocycles. The quantitative estimate of drug-likeness (QED) is 0.867. The summed E-state index contributed by atoms with van der Waals surface area (Å²) in [5.74, 6) is 1.27. The molecule has 0 aliphatic carbocycles. The first-order chi connectivity index (χ1) is 8.20. The van der Waals surface area contributed by atoms with Gasteiger partial charge in [-0.05, 0) is 40.8 Å². The summed E-state index contributed by atoms with van der Waals surface area (Å²) in [5, 5.41) is 0. The maximum atomic E-state index is 5.80. The predicted octanol–water partition coefficient (Wildman–Crippen LogP) is 2.46. The standard InChI is InChI=1S/C11H10IN3O2/c1-16-10-9(13)11(15-6-14-10)17-8-4-2-3-7(12)5-8/h2-6H,13H2,1H3. The molecule has 2 rings (SSSR count). The van der Waals surface area contributed by atoms with E-state index in [2.05, 4.69) is 32.6 Å². The molecule has 0 saturated carbocycles. The van der Waals surface area contributed by atoms with Crippen LogP contribution >= 0.6 is 22.6 Å². The SMILES string of the molecule is COc1ncnc(Oc2cccc(I)c2)c1N. The highest BCUT2D eigenvalue weighted by Crippen LogP contribution is 2.30. The van der Waals surface area contributed by atoms with Crippen LogP contribution in [0.15, 0.2) is 30.6 Å². The fourth-order valence-electron chi connectivity index (χ4n) is 1.25. The van der Waals surface area contributed by atoms with E-state index in [0.29, 0.717) is 17.5 Å². The first kappa shape index (κ1) is 11.9. The predicted molar refractivity (Wildman–Crippen MR) is 72.2 cm³/mol. The van der Waals surface area contributed by atoms with Crippen LogP contribution in [-0.2, 0) is 0 Å². The molecule has 88 valence electrons. The Balaban J connectivity index is 2.30. The van der Waals surface area contributed by atoms with Crippen molar-refractivity contribution in [3.8, 4) is 17.5 Å². The van der Waals surface area contributed by atoms with Gasteiger partial charge in [0.25, 0.3) is 0 Å². The Morgan fingerprint density at radius 1 is 1.24 bits per heavy atom. The van der Waals surface area contributed by atoms with Gasteiger partial charge in [0.1, 0.15) is 12.1 Å². The average molecular weight is 343 g/mol. The topological polar surface area (TPSA) is 70.3 Å². The lowest BCUT2D eigenvalue weighted by molar-refractivity contribution is 0.391. The van der Waals surface area contributed by atoms with Crippen LogP contribution in [0.4, 0.5) is 5.69 Å². The molecule has 5 nitrogen and oxygen atoms in total. The van der Waals surface area contributed by atoms with E-state index in [1.165, 1.54) is 13.4 Å². The highest BCUT2D eigenvalue weighted by Gasteiger charge is 2.10. The van der Waals surface area contributed by atoms with Gasteiger partial charge in [-0.25, -0.2) is 0 Å². The molecular formula is C11H10IN3O2. The van der Waals surface area contributed by atoms with Gasteiger partial charge in [0.15, 0.2) is 5.69 Å². The zero-order valence-corrected chi connectivity index (χ0v) is 11.2. The summed E-state index contributed by atoms with van der Waals surface area (Å²) in [6.07, 6.45) is 1.35. The summed E-state index contributed by atoms with van der Waals surface area (Å²) in [6.45, 7) is 0. The molecule has 0 fully saturated rings. The second-order valence-corrected chi connectivity index (χ2v) is 4.41. The van der Waals surface area contributed by atoms with Crippen molar-refractivity contribution in [3.63, 3.8) is 0 Å². The van der Waals surface area contributed by atoms with Crippen molar-refractivity contribution in [3.05, 3.63) is 34.2 Å². The molecule has 0 aliphatic rings. The number of rotatable bonds is 3. The molecule has 0 aliphatic heterocycles. The summed E-state index contributed by atoms with van der Waals surface area (Å²) < 4.78 is 11.6. The number of methoxy groups -OCH3 is 1. The van der Waals surface area contributed by atoms with E-state index in [-0.39, 0.29) is 5.69 Å². The third kappa shape index (κ3) is 2.76. The molecule has 2 N–H and O–H groups in total. The third-order valence-electron chi connectivity index (χ3n) is 2.01. The van der Waals surface area contributed by atoms with E-state index >= 15 is 0 Å². The summed E-state index contributed by atoms with van der Waals surface area (Å²) in [7, 11) is 1.49. The lowest BCUT2D eigenvalue weighted by atomic mass is 10.3. The summed E-state index contributed by atoms with van der Waals surface area (Å²) in [4.78, 5) is 7.85. The van der Waals surface area contributed by atoms with Gasteiger partial charge in [-0.3, -0.25) is 0 Å². The van der Waals surface area contributed by atoms with Gasteiger partial charge >= 0.3 is 0 Å². The van der Waals surface area contributed by atoms with E-state index in [0.717, 1.165) is 3.57 Å². The van der Waals surface area contributed by atoms with Crippen molar-refractivity contribution in [2.75, 3.05) is 12.8 Å². The molecule has 0 saturated heterocycles. The number of hydrogen-bond donors (Lipinski definition) is 1. The van der Waals surface area contributed by atoms with Crippen LogP contribution < -0.4 is 15.2 Å². The minimum atomic E-state index is 0.286. The fourth-order valence-corrected chi connectivity index (χ4v) is 1.76. The van der Waals surface area contributed by atoms with Crippen molar-refractivity contribution in [1.82, 2.24) is 9.97 Å². The van der Waals surface area contributed by atoms with Gasteiger partial charge in [0.2, 0.25) is 11.8 Å². The lowest BCUT2D eigenvalue weighted by Gasteiger charge is -2.09. The Morgan fingerprint density at radius 3 is 2.71 bits per heavy atom. The maximum absolute atomic E-state index is 5.80. The molecular weight excluding hydrogens is 333 g/mol. The minimum Gasteiger partial charge on any atom is -0.479 e. The number of nitrogens with two attached hydrogens (primary N) is 1. The van der Waals surface area contributed by atoms with Crippen molar-refractivity contribution >= 4 is 28.3 Å². The third-order valence-corrected chi connectivity index (χ3v) is 2.69. The lowest BCUT2D eigenvalue weighted by Crippen LogP contribution is -2.00. The van der Waals surface area contributed by atoms with Gasteiger partial charge < -0.3 is 15.2 Å². The van der Waals surface area contributed by atoms with Crippen molar-refractivity contribution < 1.29 is 9.47 Å². The van der Waals surface area contributed by atoms with Gasteiger partial charge in [0, 0.05) is 3.57 Å². The first-order valence-corrected chi connectivity index (χ1v) is 5.86. The number of halogens is 1. The van der Waals surface area contributed by atoms with Crippen molar-refractivity contribution in [2.24, 2.45) is 0 Å². The van der Waals surface area contributed by atoms with Crippen LogP contribution in [0.5, 0.6) is 17.5 Å². The Morgan fingerprint density at radius 2 is 2.00 bits per heavy atom. The van der Waals surface area contributed by atoms with Gasteiger partial charge in [0.05, 0.1) is 7.11 Å². The molecule has 6 heteroatoms. The number of anilines is 1. The number of nitrogen functional groups attached to an aromatic ring is 1. The number of ether oxygens (including phenoxy) is 2. The Hall–Kier alpha value is -1.57. The zero-order valence-electron chi connectivity index (χ0n) is 9.05. The van der Waals surface area contributed by atoms with Crippen molar-refractivity contribution in [2.45, 2.75) is 0 Å². The van der Waals surface area contributed by atoms with Crippen molar-refractivity contribution in [1.29, 1.82) is 0 Å². The summed E-state index contributed by atoms with van der Waals surface area (Å²) in [5.41, 5.74) is 6.09. The Kier molecular flexibility index (Phi) is 3.62. The fraction of sp³-hybridized carbons (Fsp3) is 0.0909. The van der Waals surface area contributed by atoms with Gasteiger partial charge in [-0.15, -0.1) is 0 Å². The van der Waals surface area contributed by atoms with E-state index in [4.69, 9.17) is 15.2 Å². The second-order valence-electron chi connectivity index (χ2n) is 3.16. The van der Waals surface area contributed by atoms with Gasteiger partial charge in [-0.2, -0.15) is 9.97 Å². The first-order valence-electron chi connectivity index (χ1n) is 4.78. The van der Waals surface area contributed by atoms with Gasteiger partial charge in [-0.1, -0.05) is 6.07 Å².